The molecule has 3 heterocycles. The summed E-state index contributed by atoms with van der Waals surface area (Å²) in [5.74, 6) is 0.960. The Bertz CT molecular complexity index is 1000. The number of halogens is 1. The van der Waals surface area contributed by atoms with Crippen LogP contribution in [-0.2, 0) is 11.3 Å². The number of morpholine rings is 1. The van der Waals surface area contributed by atoms with E-state index in [9.17, 15) is 9.90 Å². The van der Waals surface area contributed by atoms with E-state index in [1.807, 2.05) is 29.2 Å². The van der Waals surface area contributed by atoms with Gasteiger partial charge in [-0.3, -0.25) is 9.69 Å². The number of nitrogens with one attached hydrogen (secondary N) is 2. The van der Waals surface area contributed by atoms with Crippen LogP contribution in [0.25, 0.3) is 0 Å². The number of anilines is 2. The second kappa shape index (κ2) is 12.3. The van der Waals surface area contributed by atoms with E-state index in [4.69, 9.17) is 21.1 Å². The van der Waals surface area contributed by atoms with Crippen LogP contribution in [-0.4, -0.2) is 91.8 Å². The number of aliphatic hydroxyl groups is 1. The Morgan fingerprint density at radius 1 is 1.26 bits per heavy atom. The van der Waals surface area contributed by atoms with Gasteiger partial charge in [0, 0.05) is 45.3 Å². The number of amides is 1. The van der Waals surface area contributed by atoms with Crippen LogP contribution in [0.1, 0.15) is 28.9 Å². The van der Waals surface area contributed by atoms with Crippen LogP contribution in [0, 0.1) is 0 Å². The first-order chi connectivity index (χ1) is 17.1. The lowest BCUT2D eigenvalue weighted by Gasteiger charge is -2.26. The second-order valence-corrected chi connectivity index (χ2v) is 9.08. The van der Waals surface area contributed by atoms with Gasteiger partial charge in [0.2, 0.25) is 0 Å². The highest BCUT2D eigenvalue weighted by molar-refractivity contribution is 6.32. The zero-order valence-corrected chi connectivity index (χ0v) is 20.8. The Morgan fingerprint density at radius 2 is 2.09 bits per heavy atom. The fourth-order valence-corrected chi connectivity index (χ4v) is 4.68. The average Bonchev–Trinajstić information content (AvgIpc) is 3.37. The third kappa shape index (κ3) is 6.52. The number of rotatable bonds is 10. The molecular formula is C24H33ClN6O4. The maximum Gasteiger partial charge on any atom is 0.274 e. The molecule has 2 fully saturated rings. The average molecular weight is 505 g/mol. The monoisotopic (exact) mass is 504 g/mol. The van der Waals surface area contributed by atoms with Crippen LogP contribution >= 0.6 is 11.6 Å². The minimum Gasteiger partial charge on any atom is -0.495 e. The molecule has 2 aliphatic heterocycles. The highest BCUT2D eigenvalue weighted by atomic mass is 35.5. The van der Waals surface area contributed by atoms with E-state index >= 15 is 0 Å². The molecule has 0 spiro atoms. The smallest absolute Gasteiger partial charge is 0.274 e. The van der Waals surface area contributed by atoms with Gasteiger partial charge in [-0.2, -0.15) is 0 Å². The lowest BCUT2D eigenvalue weighted by molar-refractivity contribution is 0.0383. The van der Waals surface area contributed by atoms with Crippen molar-refractivity contribution in [3.63, 3.8) is 0 Å². The number of hydrogen-bond donors (Lipinski definition) is 3. The van der Waals surface area contributed by atoms with Crippen molar-refractivity contribution >= 4 is 29.0 Å². The van der Waals surface area contributed by atoms with E-state index in [1.54, 1.807) is 7.11 Å². The Hall–Kier alpha value is -2.66. The molecule has 190 valence electrons. The molecule has 3 N–H and O–H groups in total. The summed E-state index contributed by atoms with van der Waals surface area (Å²) < 4.78 is 10.6. The molecular weight excluding hydrogens is 472 g/mol. The molecule has 0 unspecified atom stereocenters. The summed E-state index contributed by atoms with van der Waals surface area (Å²) in [4.78, 5) is 17.3. The van der Waals surface area contributed by atoms with Crippen molar-refractivity contribution in [1.82, 2.24) is 20.4 Å². The first kappa shape index (κ1) is 25.4. The molecule has 1 aromatic carbocycles. The highest BCUT2D eigenvalue weighted by Gasteiger charge is 2.27. The number of benzene rings is 1. The predicted octanol–water partition coefficient (Wildman–Crippen LogP) is 1.77. The zero-order valence-electron chi connectivity index (χ0n) is 20.0. The van der Waals surface area contributed by atoms with Crippen molar-refractivity contribution < 1.29 is 19.4 Å². The molecule has 1 aromatic heterocycles. The van der Waals surface area contributed by atoms with Gasteiger partial charge in [0.15, 0.2) is 11.5 Å². The number of nitrogens with zero attached hydrogens (tertiary/aromatic N) is 4. The van der Waals surface area contributed by atoms with E-state index in [0.717, 1.165) is 57.8 Å². The first-order valence-corrected chi connectivity index (χ1v) is 12.4. The van der Waals surface area contributed by atoms with Gasteiger partial charge in [0.25, 0.3) is 5.91 Å². The van der Waals surface area contributed by atoms with Gasteiger partial charge < -0.3 is 30.1 Å². The van der Waals surface area contributed by atoms with Crippen LogP contribution < -0.4 is 20.3 Å². The summed E-state index contributed by atoms with van der Waals surface area (Å²) in [6, 6.07) is 7.39. The Labute approximate surface area is 210 Å². The van der Waals surface area contributed by atoms with Gasteiger partial charge in [0.1, 0.15) is 5.75 Å². The number of hydrogen-bond acceptors (Lipinski definition) is 9. The van der Waals surface area contributed by atoms with Gasteiger partial charge in [-0.15, -0.1) is 10.2 Å². The molecule has 11 heteroatoms. The lowest BCUT2D eigenvalue weighted by atomic mass is 10.2. The standard InChI is InChI=1S/C24H33ClN6O4/c1-34-21-5-4-17(13-19(21)25)15-27-20-14-22(31-7-2-3-18(31)16-32)28-29-23(20)24(33)26-6-8-30-9-11-35-12-10-30/h4-5,13-14,18,32H,2-3,6-12,15-16H2,1H3,(H,26,33)(H,27,28)/t18-/m0/s1. The van der Waals surface area contributed by atoms with E-state index < -0.39 is 0 Å². The maximum absolute atomic E-state index is 13.0. The molecule has 4 rings (SSSR count). The summed E-state index contributed by atoms with van der Waals surface area (Å²) in [6.07, 6.45) is 1.87. The molecule has 0 aliphatic carbocycles. The normalized spacial score (nSPS) is 18.5. The number of carbonyl (C=O) groups is 1. The van der Waals surface area contributed by atoms with E-state index in [2.05, 4.69) is 25.7 Å². The van der Waals surface area contributed by atoms with Gasteiger partial charge in [-0.05, 0) is 30.5 Å². The Balaban J connectivity index is 1.49. The topological polar surface area (TPSA) is 112 Å². The molecule has 0 radical (unpaired) electrons. The third-order valence-corrected chi connectivity index (χ3v) is 6.69. The lowest BCUT2D eigenvalue weighted by Crippen LogP contribution is -2.41. The number of ether oxygens (including phenoxy) is 2. The minimum atomic E-state index is -0.285. The summed E-state index contributed by atoms with van der Waals surface area (Å²) in [5, 5.41) is 25.2. The van der Waals surface area contributed by atoms with Crippen molar-refractivity contribution in [2.75, 3.05) is 69.9 Å². The van der Waals surface area contributed by atoms with Crippen LogP contribution in [0.2, 0.25) is 5.02 Å². The fraction of sp³-hybridized carbons (Fsp3) is 0.542. The third-order valence-electron chi connectivity index (χ3n) is 6.39. The van der Waals surface area contributed by atoms with Crippen molar-refractivity contribution in [3.8, 4) is 5.75 Å². The fourth-order valence-electron chi connectivity index (χ4n) is 4.40. The van der Waals surface area contributed by atoms with Crippen molar-refractivity contribution in [1.29, 1.82) is 0 Å². The van der Waals surface area contributed by atoms with E-state index in [1.165, 1.54) is 0 Å². The highest BCUT2D eigenvalue weighted by Crippen LogP contribution is 2.28. The largest absolute Gasteiger partial charge is 0.495 e. The first-order valence-electron chi connectivity index (χ1n) is 12.0. The Kier molecular flexibility index (Phi) is 8.97. The van der Waals surface area contributed by atoms with Gasteiger partial charge in [-0.1, -0.05) is 17.7 Å². The number of aromatic nitrogens is 2. The van der Waals surface area contributed by atoms with Crippen LogP contribution in [0.5, 0.6) is 5.75 Å². The molecule has 10 nitrogen and oxygen atoms in total. The number of methoxy groups -OCH3 is 1. The summed E-state index contributed by atoms with van der Waals surface area (Å²) >= 11 is 6.28. The predicted molar refractivity (Wildman–Crippen MR) is 134 cm³/mol. The van der Waals surface area contributed by atoms with Crippen molar-refractivity contribution in [3.05, 3.63) is 40.5 Å². The quantitative estimate of drug-likeness (QED) is 0.445. The summed E-state index contributed by atoms with van der Waals surface area (Å²) in [6.45, 7) is 5.70. The minimum absolute atomic E-state index is 0.00532. The zero-order chi connectivity index (χ0) is 24.6. The number of aliphatic hydroxyl groups excluding tert-OH is 1. The molecule has 2 aliphatic rings. The molecule has 1 atom stereocenters. The molecule has 0 saturated carbocycles. The maximum atomic E-state index is 13.0. The van der Waals surface area contributed by atoms with Gasteiger partial charge in [-0.25, -0.2) is 0 Å². The van der Waals surface area contributed by atoms with Crippen LogP contribution in [0.3, 0.4) is 0 Å². The molecule has 2 saturated heterocycles. The molecule has 1 amide bonds. The van der Waals surface area contributed by atoms with E-state index in [0.29, 0.717) is 35.4 Å². The molecule has 35 heavy (non-hydrogen) atoms. The van der Waals surface area contributed by atoms with Gasteiger partial charge in [0.05, 0.1) is 43.7 Å². The van der Waals surface area contributed by atoms with Crippen molar-refractivity contribution in [2.45, 2.75) is 25.4 Å². The van der Waals surface area contributed by atoms with E-state index in [-0.39, 0.29) is 24.2 Å². The Morgan fingerprint density at radius 3 is 2.83 bits per heavy atom. The summed E-state index contributed by atoms with van der Waals surface area (Å²) in [7, 11) is 1.57. The SMILES string of the molecule is COc1ccc(CNc2cc(N3CCC[C@H]3CO)nnc2C(=O)NCCN2CCOCC2)cc1Cl. The second-order valence-electron chi connectivity index (χ2n) is 8.67. The van der Waals surface area contributed by atoms with Crippen LogP contribution in [0.15, 0.2) is 24.3 Å². The van der Waals surface area contributed by atoms with Crippen molar-refractivity contribution in [2.24, 2.45) is 0 Å². The molecule has 2 aromatic rings. The molecule has 0 bridgehead atoms. The number of carbonyl (C=O) groups excluding carboxylic acids is 1. The van der Waals surface area contributed by atoms with Crippen LogP contribution in [0.4, 0.5) is 11.5 Å². The summed E-state index contributed by atoms with van der Waals surface area (Å²) in [5.41, 5.74) is 1.74. The van der Waals surface area contributed by atoms with Gasteiger partial charge >= 0.3 is 0 Å².